The van der Waals surface area contributed by atoms with Gasteiger partial charge >= 0.3 is 0 Å². The van der Waals surface area contributed by atoms with Gasteiger partial charge in [-0.3, -0.25) is 4.18 Å². The van der Waals surface area contributed by atoms with Crippen LogP contribution >= 0.6 is 0 Å². The molecule has 92 valence electrons. The van der Waals surface area contributed by atoms with Gasteiger partial charge in [0, 0.05) is 10.2 Å². The molecule has 0 atom stereocenters. The van der Waals surface area contributed by atoms with Gasteiger partial charge in [0.05, 0.1) is 10.5 Å². The molecule has 0 aromatic heterocycles. The molecule has 0 amide bonds. The van der Waals surface area contributed by atoms with E-state index >= 15 is 0 Å². The van der Waals surface area contributed by atoms with Crippen LogP contribution in [0.1, 0.15) is 41.5 Å². The molecule has 0 bridgehead atoms. The Labute approximate surface area is 97.1 Å². The highest BCUT2D eigenvalue weighted by Gasteiger charge is 2.45. The smallest absolute Gasteiger partial charge is 0.267 e. The third kappa shape index (κ3) is 3.04. The van der Waals surface area contributed by atoms with E-state index < -0.39 is 14.5 Å². The molecule has 0 heterocycles. The number of hydrogen-bond acceptors (Lipinski definition) is 3. The summed E-state index contributed by atoms with van der Waals surface area (Å²) in [5, 5.41) is 0. The van der Waals surface area contributed by atoms with Gasteiger partial charge in [-0.05, 0) is 25.7 Å². The minimum Gasteiger partial charge on any atom is -0.267 e. The van der Waals surface area contributed by atoms with Crippen molar-refractivity contribution in [1.82, 2.24) is 0 Å². The molecule has 0 radical (unpaired) electrons. The van der Waals surface area contributed by atoms with Crippen LogP contribution in [-0.2, 0) is 14.3 Å². The Balaban J connectivity index is 5.28. The lowest BCUT2D eigenvalue weighted by Gasteiger charge is -2.36. The van der Waals surface area contributed by atoms with Crippen LogP contribution in [0.4, 0.5) is 0 Å². The highest BCUT2D eigenvalue weighted by atomic mass is 32.2. The highest BCUT2D eigenvalue weighted by molar-refractivity contribution is 7.89. The van der Waals surface area contributed by atoms with Crippen molar-refractivity contribution in [1.29, 1.82) is 0 Å². The largest absolute Gasteiger partial charge is 0.270 e. The van der Waals surface area contributed by atoms with Gasteiger partial charge in [0.2, 0.25) is 0 Å². The quantitative estimate of drug-likeness (QED) is 0.544. The molecule has 0 aliphatic carbocycles. The van der Waals surface area contributed by atoms with Crippen molar-refractivity contribution in [3.05, 3.63) is 0 Å². The van der Waals surface area contributed by atoms with Crippen LogP contribution in [0.15, 0.2) is 0 Å². The molecular formula is C10H24O3SSi. The zero-order valence-electron chi connectivity index (χ0n) is 10.9. The Morgan fingerprint density at radius 1 is 1.00 bits per heavy atom. The van der Waals surface area contributed by atoms with Gasteiger partial charge in [-0.2, -0.15) is 8.42 Å². The lowest BCUT2D eigenvalue weighted by Crippen LogP contribution is -2.50. The van der Waals surface area contributed by atoms with Crippen LogP contribution < -0.4 is 0 Å². The molecule has 0 unspecified atom stereocenters. The van der Waals surface area contributed by atoms with Gasteiger partial charge in [0.25, 0.3) is 10.1 Å². The fourth-order valence-electron chi connectivity index (χ4n) is 1.60. The first-order valence-electron chi connectivity index (χ1n) is 5.48. The van der Waals surface area contributed by atoms with Gasteiger partial charge in [0.1, 0.15) is 0 Å². The van der Waals surface area contributed by atoms with E-state index in [0.717, 1.165) is 0 Å². The third-order valence-corrected chi connectivity index (χ3v) is 9.62. The van der Waals surface area contributed by atoms with E-state index in [1.807, 2.05) is 27.7 Å². The van der Waals surface area contributed by atoms with E-state index in [1.54, 1.807) is 13.8 Å². The van der Waals surface area contributed by atoms with Gasteiger partial charge < -0.3 is 0 Å². The monoisotopic (exact) mass is 252 g/mol. The van der Waals surface area contributed by atoms with Crippen LogP contribution in [0.2, 0.25) is 0 Å². The van der Waals surface area contributed by atoms with Crippen molar-refractivity contribution in [2.45, 2.75) is 52.0 Å². The molecule has 3 nitrogen and oxygen atoms in total. The SMILES string of the molecule is CC(C)OS(=O)(=O)C([SiH3])(C(C)C)C(C)C. The van der Waals surface area contributed by atoms with Crippen molar-refractivity contribution in [2.75, 3.05) is 0 Å². The van der Waals surface area contributed by atoms with Crippen LogP contribution in [0, 0.1) is 11.8 Å². The summed E-state index contributed by atoms with van der Waals surface area (Å²) in [6.07, 6.45) is -0.277. The Hall–Kier alpha value is 0.127. The summed E-state index contributed by atoms with van der Waals surface area (Å²) in [6.45, 7) is 11.3. The first-order valence-corrected chi connectivity index (χ1v) is 7.89. The van der Waals surface area contributed by atoms with Gasteiger partial charge in [-0.1, -0.05) is 27.7 Å². The highest BCUT2D eigenvalue weighted by Crippen LogP contribution is 2.33. The zero-order valence-corrected chi connectivity index (χ0v) is 13.7. The Morgan fingerprint density at radius 2 is 1.33 bits per heavy atom. The maximum atomic E-state index is 12.2. The van der Waals surface area contributed by atoms with E-state index in [2.05, 4.69) is 0 Å². The molecule has 0 rings (SSSR count). The summed E-state index contributed by atoms with van der Waals surface area (Å²) in [7, 11) is -2.87. The topological polar surface area (TPSA) is 43.4 Å². The normalized spacial score (nSPS) is 14.5. The third-order valence-electron chi connectivity index (χ3n) is 3.15. The number of rotatable bonds is 5. The lowest BCUT2D eigenvalue weighted by molar-refractivity contribution is 0.228. The fraction of sp³-hybridized carbons (Fsp3) is 1.00. The standard InChI is InChI=1S/C10H24O3SSi/c1-7(2)10(15,8(3)4)14(11,12)13-9(5)6/h7-9H,1-6,15H3. The lowest BCUT2D eigenvalue weighted by atomic mass is 9.99. The Kier molecular flexibility index (Phi) is 5.01. The predicted molar refractivity (Wildman–Crippen MR) is 67.5 cm³/mol. The van der Waals surface area contributed by atoms with Crippen molar-refractivity contribution in [3.8, 4) is 0 Å². The van der Waals surface area contributed by atoms with Gasteiger partial charge in [-0.25, -0.2) is 0 Å². The molecular weight excluding hydrogens is 228 g/mol. The molecule has 0 saturated heterocycles. The summed E-state index contributed by atoms with van der Waals surface area (Å²) in [6, 6.07) is 0. The summed E-state index contributed by atoms with van der Waals surface area (Å²) in [5.41, 5.74) is 0. The molecule has 0 aromatic carbocycles. The molecule has 0 N–H and O–H groups in total. The maximum Gasteiger partial charge on any atom is 0.270 e. The second-order valence-electron chi connectivity index (χ2n) is 5.09. The predicted octanol–water partition coefficient (Wildman–Crippen LogP) is 1.11. The van der Waals surface area contributed by atoms with Gasteiger partial charge in [0.15, 0.2) is 0 Å². The van der Waals surface area contributed by atoms with Gasteiger partial charge in [-0.15, -0.1) is 0 Å². The van der Waals surface area contributed by atoms with E-state index in [0.29, 0.717) is 10.2 Å². The summed E-state index contributed by atoms with van der Waals surface area (Å²) < 4.78 is 28.8. The Bertz CT molecular complexity index is 286. The minimum absolute atomic E-state index is 0.0907. The fourth-order valence-corrected chi connectivity index (χ4v) is 3.76. The first-order chi connectivity index (χ1) is 6.55. The summed E-state index contributed by atoms with van der Waals surface area (Å²) in [4.78, 5) is 0. The molecule has 0 saturated carbocycles. The molecule has 0 aromatic rings. The van der Waals surface area contributed by atoms with Crippen LogP contribution in [0.5, 0.6) is 0 Å². The maximum absolute atomic E-state index is 12.2. The van der Waals surface area contributed by atoms with Crippen LogP contribution in [0.3, 0.4) is 0 Å². The van der Waals surface area contributed by atoms with Crippen molar-refractivity contribution in [3.63, 3.8) is 0 Å². The molecule has 15 heavy (non-hydrogen) atoms. The summed E-state index contributed by atoms with van der Waals surface area (Å²) in [5.74, 6) is 0.181. The van der Waals surface area contributed by atoms with E-state index in [4.69, 9.17) is 4.18 Å². The van der Waals surface area contributed by atoms with Crippen LogP contribution in [-0.4, -0.2) is 29.1 Å². The Morgan fingerprint density at radius 3 is 1.53 bits per heavy atom. The van der Waals surface area contributed by atoms with Crippen molar-refractivity contribution < 1.29 is 12.6 Å². The van der Waals surface area contributed by atoms with Crippen molar-refractivity contribution >= 4 is 20.4 Å². The first kappa shape index (κ1) is 15.1. The molecule has 5 heteroatoms. The zero-order chi connectivity index (χ0) is 12.4. The van der Waals surface area contributed by atoms with Crippen molar-refractivity contribution in [2.24, 2.45) is 11.8 Å². The van der Waals surface area contributed by atoms with Crippen LogP contribution in [0.25, 0.3) is 0 Å². The second-order valence-corrected chi connectivity index (χ2v) is 9.45. The molecule has 0 fully saturated rings. The second kappa shape index (κ2) is 4.97. The average Bonchev–Trinajstić information content (AvgIpc) is 1.98. The van der Waals surface area contributed by atoms with E-state index in [-0.39, 0.29) is 17.9 Å². The summed E-state index contributed by atoms with van der Waals surface area (Å²) >= 11 is 0. The number of hydrogen-bond donors (Lipinski definition) is 0. The molecule has 0 aliphatic heterocycles. The van der Waals surface area contributed by atoms with E-state index in [1.165, 1.54) is 0 Å². The minimum atomic E-state index is -3.46. The molecule has 0 aliphatic rings. The average molecular weight is 252 g/mol. The molecule has 0 spiro atoms. The van der Waals surface area contributed by atoms with E-state index in [9.17, 15) is 8.42 Å².